The molecular weight excluding hydrogens is 286 g/mol. The van der Waals surface area contributed by atoms with E-state index in [9.17, 15) is 0 Å². The van der Waals surface area contributed by atoms with E-state index in [1.807, 2.05) is 6.07 Å². The Bertz CT molecular complexity index is 254. The quantitative estimate of drug-likeness (QED) is 0.839. The molecule has 2 nitrogen and oxygen atoms in total. The van der Waals surface area contributed by atoms with E-state index in [1.165, 1.54) is 11.3 Å². The number of hydrogen-bond donors (Lipinski definition) is 2. The van der Waals surface area contributed by atoms with E-state index in [0.717, 1.165) is 27.3 Å². The lowest BCUT2D eigenvalue weighted by atomic mass is 10.3. The van der Waals surface area contributed by atoms with Gasteiger partial charge in [0.25, 0.3) is 0 Å². The molecule has 0 saturated carbocycles. The minimum Gasteiger partial charge on any atom is -0.329 e. The molecule has 0 radical (unpaired) electrons. The maximum absolute atomic E-state index is 5.89. The van der Waals surface area contributed by atoms with E-state index in [4.69, 9.17) is 28.9 Å². The van der Waals surface area contributed by atoms with Gasteiger partial charge in [0.2, 0.25) is 0 Å². The number of rotatable bonds is 4. The molecule has 1 aromatic rings. The van der Waals surface area contributed by atoms with Crippen LogP contribution in [0.2, 0.25) is 8.67 Å². The summed E-state index contributed by atoms with van der Waals surface area (Å²) in [6.45, 7) is 2.17. The van der Waals surface area contributed by atoms with Crippen molar-refractivity contribution >= 4 is 59.4 Å². The zero-order chi connectivity index (χ0) is 8.97. The van der Waals surface area contributed by atoms with Crippen LogP contribution < -0.4 is 11.1 Å². The van der Waals surface area contributed by atoms with Crippen LogP contribution in [-0.4, -0.2) is 13.1 Å². The summed E-state index contributed by atoms with van der Waals surface area (Å²) >= 11 is 13.0. The zero-order valence-electron chi connectivity index (χ0n) is 7.26. The van der Waals surface area contributed by atoms with E-state index in [2.05, 4.69) is 5.32 Å². The van der Waals surface area contributed by atoms with Gasteiger partial charge in [-0.3, -0.25) is 0 Å². The van der Waals surface area contributed by atoms with Crippen molar-refractivity contribution in [2.24, 2.45) is 5.73 Å². The van der Waals surface area contributed by atoms with Gasteiger partial charge >= 0.3 is 0 Å². The van der Waals surface area contributed by atoms with Crippen LogP contribution in [0.25, 0.3) is 0 Å². The maximum Gasteiger partial charge on any atom is 0.0989 e. The standard InChI is InChI=1S/C7H10Cl2N2S.2ClH/c8-6-3-5(7(9)12-6)4-11-2-1-10;;/h3,11H,1-2,4,10H2;2*1H. The second-order valence-electron chi connectivity index (χ2n) is 2.31. The molecule has 1 rings (SSSR count). The minimum atomic E-state index is 0. The molecule has 0 fully saturated rings. The second-order valence-corrected chi connectivity index (χ2v) is 4.60. The Hall–Kier alpha value is 0.780. The third kappa shape index (κ3) is 5.61. The van der Waals surface area contributed by atoms with E-state index in [0.29, 0.717) is 6.54 Å². The first-order valence-corrected chi connectivity index (χ1v) is 5.15. The van der Waals surface area contributed by atoms with Crippen LogP contribution in [0.15, 0.2) is 6.07 Å². The molecule has 1 aromatic heterocycles. The minimum absolute atomic E-state index is 0. The number of nitrogens with one attached hydrogen (secondary N) is 1. The van der Waals surface area contributed by atoms with Crippen LogP contribution in [0.1, 0.15) is 5.56 Å². The summed E-state index contributed by atoms with van der Waals surface area (Å²) in [6, 6.07) is 1.87. The molecule has 14 heavy (non-hydrogen) atoms. The molecule has 0 aromatic carbocycles. The number of halogens is 4. The highest BCUT2D eigenvalue weighted by molar-refractivity contribution is 7.20. The van der Waals surface area contributed by atoms with Crippen LogP contribution >= 0.6 is 59.4 Å². The van der Waals surface area contributed by atoms with Crippen LogP contribution in [-0.2, 0) is 6.54 Å². The fourth-order valence-corrected chi connectivity index (χ4v) is 2.31. The Balaban J connectivity index is 0. The zero-order valence-corrected chi connectivity index (χ0v) is 11.2. The van der Waals surface area contributed by atoms with Crippen molar-refractivity contribution in [3.05, 3.63) is 20.3 Å². The molecule has 0 aliphatic rings. The highest BCUT2D eigenvalue weighted by Gasteiger charge is 2.04. The van der Waals surface area contributed by atoms with Crippen molar-refractivity contribution in [1.29, 1.82) is 0 Å². The molecule has 0 unspecified atom stereocenters. The highest BCUT2D eigenvalue weighted by atomic mass is 35.5. The summed E-state index contributed by atoms with van der Waals surface area (Å²) in [5.41, 5.74) is 6.36. The molecule has 7 heteroatoms. The number of nitrogens with two attached hydrogens (primary N) is 1. The number of thiophene rings is 1. The smallest absolute Gasteiger partial charge is 0.0989 e. The normalized spacial score (nSPS) is 9.07. The van der Waals surface area contributed by atoms with Gasteiger partial charge in [-0.25, -0.2) is 0 Å². The van der Waals surface area contributed by atoms with Gasteiger partial charge in [-0.2, -0.15) is 0 Å². The monoisotopic (exact) mass is 296 g/mol. The first-order valence-electron chi connectivity index (χ1n) is 3.58. The van der Waals surface area contributed by atoms with Crippen molar-refractivity contribution in [3.63, 3.8) is 0 Å². The van der Waals surface area contributed by atoms with Gasteiger partial charge in [0.05, 0.1) is 8.67 Å². The van der Waals surface area contributed by atoms with Gasteiger partial charge in [0, 0.05) is 19.6 Å². The summed E-state index contributed by atoms with van der Waals surface area (Å²) < 4.78 is 1.48. The van der Waals surface area contributed by atoms with E-state index < -0.39 is 0 Å². The van der Waals surface area contributed by atoms with Gasteiger partial charge in [-0.1, -0.05) is 23.2 Å². The first-order chi connectivity index (χ1) is 5.74. The molecule has 3 N–H and O–H groups in total. The Morgan fingerprint density at radius 3 is 2.43 bits per heavy atom. The Labute approximate surface area is 110 Å². The van der Waals surface area contributed by atoms with Gasteiger partial charge in [-0.15, -0.1) is 36.2 Å². The van der Waals surface area contributed by atoms with Crippen molar-refractivity contribution < 1.29 is 0 Å². The lowest BCUT2D eigenvalue weighted by Crippen LogP contribution is -2.21. The topological polar surface area (TPSA) is 38.0 Å². The molecule has 0 atom stereocenters. The summed E-state index contributed by atoms with van der Waals surface area (Å²) in [5.74, 6) is 0. The van der Waals surface area contributed by atoms with E-state index in [1.54, 1.807) is 0 Å². The first kappa shape index (κ1) is 17.2. The van der Waals surface area contributed by atoms with Gasteiger partial charge in [-0.05, 0) is 11.6 Å². The molecule has 0 aliphatic carbocycles. The van der Waals surface area contributed by atoms with Crippen molar-refractivity contribution in [2.45, 2.75) is 6.54 Å². The molecule has 0 bridgehead atoms. The molecular formula is C7H12Cl4N2S. The highest BCUT2D eigenvalue weighted by Crippen LogP contribution is 2.30. The lowest BCUT2D eigenvalue weighted by molar-refractivity contribution is 0.696. The fourth-order valence-electron chi connectivity index (χ4n) is 0.820. The third-order valence-electron chi connectivity index (χ3n) is 1.36. The Kier molecular flexibility index (Phi) is 11.1. The average Bonchev–Trinajstić information content (AvgIpc) is 2.31. The summed E-state index contributed by atoms with van der Waals surface area (Å²) in [5, 5.41) is 3.14. The Morgan fingerprint density at radius 1 is 1.36 bits per heavy atom. The molecule has 0 aliphatic heterocycles. The number of hydrogen-bond acceptors (Lipinski definition) is 3. The molecule has 0 spiro atoms. The van der Waals surface area contributed by atoms with Gasteiger partial charge in [0.15, 0.2) is 0 Å². The lowest BCUT2D eigenvalue weighted by Gasteiger charge is -1.99. The predicted octanol–water partition coefficient (Wildman–Crippen LogP) is 2.95. The van der Waals surface area contributed by atoms with Crippen molar-refractivity contribution in [1.82, 2.24) is 5.32 Å². The van der Waals surface area contributed by atoms with E-state index >= 15 is 0 Å². The van der Waals surface area contributed by atoms with Crippen LogP contribution in [0.4, 0.5) is 0 Å². The SMILES string of the molecule is Cl.Cl.NCCNCc1cc(Cl)sc1Cl. The van der Waals surface area contributed by atoms with Crippen LogP contribution in [0.5, 0.6) is 0 Å². The largest absolute Gasteiger partial charge is 0.329 e. The molecule has 84 valence electrons. The molecule has 0 saturated heterocycles. The van der Waals surface area contributed by atoms with Crippen molar-refractivity contribution in [2.75, 3.05) is 13.1 Å². The van der Waals surface area contributed by atoms with Gasteiger partial charge < -0.3 is 11.1 Å². The molecule has 0 amide bonds. The average molecular weight is 298 g/mol. The fraction of sp³-hybridized carbons (Fsp3) is 0.429. The van der Waals surface area contributed by atoms with Crippen molar-refractivity contribution in [3.8, 4) is 0 Å². The van der Waals surface area contributed by atoms with Crippen LogP contribution in [0.3, 0.4) is 0 Å². The van der Waals surface area contributed by atoms with Gasteiger partial charge in [0.1, 0.15) is 0 Å². The third-order valence-corrected chi connectivity index (χ3v) is 2.93. The maximum atomic E-state index is 5.89. The second kappa shape index (κ2) is 9.04. The summed E-state index contributed by atoms with van der Waals surface area (Å²) in [7, 11) is 0. The summed E-state index contributed by atoms with van der Waals surface area (Å²) in [6.07, 6.45) is 0. The Morgan fingerprint density at radius 2 is 2.00 bits per heavy atom. The summed E-state index contributed by atoms with van der Waals surface area (Å²) in [4.78, 5) is 0. The molecule has 1 heterocycles. The van der Waals surface area contributed by atoms with Crippen LogP contribution in [0, 0.1) is 0 Å². The predicted molar refractivity (Wildman–Crippen MR) is 69.6 cm³/mol. The van der Waals surface area contributed by atoms with E-state index in [-0.39, 0.29) is 24.8 Å².